The summed E-state index contributed by atoms with van der Waals surface area (Å²) in [5, 5.41) is 8.83. The Kier molecular flexibility index (Phi) is 4.17. The number of anilines is 1. The highest BCUT2D eigenvalue weighted by atomic mass is 16.5. The van der Waals surface area contributed by atoms with Crippen molar-refractivity contribution in [3.05, 3.63) is 24.3 Å². The van der Waals surface area contributed by atoms with Gasteiger partial charge in [-0.1, -0.05) is 13.0 Å². The highest BCUT2D eigenvalue weighted by molar-refractivity contribution is 5.70. The van der Waals surface area contributed by atoms with E-state index in [0.29, 0.717) is 6.54 Å². The third-order valence-corrected chi connectivity index (χ3v) is 2.46. The molecule has 0 aliphatic rings. The second kappa shape index (κ2) is 5.39. The number of hydrogen-bond donors (Lipinski definition) is 1. The number of hydrogen-bond acceptors (Lipinski definition) is 3. The summed E-state index contributed by atoms with van der Waals surface area (Å²) in [5.41, 5.74) is 0.951. The van der Waals surface area contributed by atoms with Gasteiger partial charge < -0.3 is 14.7 Å². The average Bonchev–Trinajstić information content (AvgIpc) is 2.28. The molecule has 1 aromatic rings. The number of benzene rings is 1. The largest absolute Gasteiger partial charge is 0.497 e. The minimum absolute atomic E-state index is 0.392. The Morgan fingerprint density at radius 3 is 2.81 bits per heavy atom. The van der Waals surface area contributed by atoms with Gasteiger partial charge in [0, 0.05) is 25.3 Å². The fourth-order valence-corrected chi connectivity index (χ4v) is 1.44. The number of ether oxygens (including phenoxy) is 1. The van der Waals surface area contributed by atoms with Crippen LogP contribution in [0, 0.1) is 5.92 Å². The topological polar surface area (TPSA) is 49.8 Å². The van der Waals surface area contributed by atoms with Crippen molar-refractivity contribution in [3.63, 3.8) is 0 Å². The van der Waals surface area contributed by atoms with Gasteiger partial charge in [0.25, 0.3) is 0 Å². The van der Waals surface area contributed by atoms with E-state index >= 15 is 0 Å². The SMILES string of the molecule is COc1cccc(N(C)CC(C)C(=O)O)c1. The van der Waals surface area contributed by atoms with Crippen LogP contribution in [0.4, 0.5) is 5.69 Å². The van der Waals surface area contributed by atoms with Crippen molar-refractivity contribution in [2.45, 2.75) is 6.92 Å². The van der Waals surface area contributed by atoms with Gasteiger partial charge in [-0.3, -0.25) is 4.79 Å². The molecule has 0 amide bonds. The van der Waals surface area contributed by atoms with Crippen LogP contribution in [-0.4, -0.2) is 31.8 Å². The first-order valence-electron chi connectivity index (χ1n) is 5.12. The molecular formula is C12H17NO3. The molecule has 0 spiro atoms. The zero-order valence-corrected chi connectivity index (χ0v) is 9.80. The minimum atomic E-state index is -0.783. The Morgan fingerprint density at radius 1 is 1.56 bits per heavy atom. The Labute approximate surface area is 95.5 Å². The van der Waals surface area contributed by atoms with Crippen LogP contribution in [0.2, 0.25) is 0 Å². The highest BCUT2D eigenvalue weighted by Crippen LogP contribution is 2.20. The van der Waals surface area contributed by atoms with Gasteiger partial charge in [-0.15, -0.1) is 0 Å². The Hall–Kier alpha value is -1.71. The van der Waals surface area contributed by atoms with Crippen LogP contribution in [0.3, 0.4) is 0 Å². The summed E-state index contributed by atoms with van der Waals surface area (Å²) in [7, 11) is 3.48. The molecule has 0 saturated carbocycles. The molecule has 1 N–H and O–H groups in total. The van der Waals surface area contributed by atoms with Crippen molar-refractivity contribution in [3.8, 4) is 5.75 Å². The van der Waals surface area contributed by atoms with Gasteiger partial charge in [0.05, 0.1) is 13.0 Å². The van der Waals surface area contributed by atoms with Crippen molar-refractivity contribution >= 4 is 11.7 Å². The van der Waals surface area contributed by atoms with E-state index in [-0.39, 0.29) is 0 Å². The molecule has 1 rings (SSSR count). The van der Waals surface area contributed by atoms with Crippen LogP contribution in [-0.2, 0) is 4.79 Å². The lowest BCUT2D eigenvalue weighted by molar-refractivity contribution is -0.140. The molecule has 1 unspecified atom stereocenters. The third kappa shape index (κ3) is 3.15. The molecule has 16 heavy (non-hydrogen) atoms. The molecule has 0 radical (unpaired) electrons. The standard InChI is InChI=1S/C12H17NO3/c1-9(12(14)15)8-13(2)10-5-4-6-11(7-10)16-3/h4-7,9H,8H2,1-3H3,(H,14,15). The van der Waals surface area contributed by atoms with E-state index < -0.39 is 11.9 Å². The van der Waals surface area contributed by atoms with Gasteiger partial charge in [-0.05, 0) is 12.1 Å². The second-order valence-electron chi connectivity index (χ2n) is 3.82. The van der Waals surface area contributed by atoms with Crippen LogP contribution in [0.25, 0.3) is 0 Å². The zero-order chi connectivity index (χ0) is 12.1. The predicted octanol–water partition coefficient (Wildman–Crippen LogP) is 1.85. The normalized spacial score (nSPS) is 11.9. The summed E-state index contributed by atoms with van der Waals surface area (Å²) < 4.78 is 5.11. The van der Waals surface area contributed by atoms with E-state index in [1.165, 1.54) is 0 Å². The molecule has 0 saturated heterocycles. The number of carbonyl (C=O) groups is 1. The minimum Gasteiger partial charge on any atom is -0.497 e. The van der Waals surface area contributed by atoms with Crippen LogP contribution >= 0.6 is 0 Å². The van der Waals surface area contributed by atoms with E-state index in [1.807, 2.05) is 36.2 Å². The molecular weight excluding hydrogens is 206 g/mol. The third-order valence-electron chi connectivity index (χ3n) is 2.46. The molecule has 0 fully saturated rings. The lowest BCUT2D eigenvalue weighted by Gasteiger charge is -2.21. The monoisotopic (exact) mass is 223 g/mol. The van der Waals surface area contributed by atoms with Crippen LogP contribution in [0.1, 0.15) is 6.92 Å². The van der Waals surface area contributed by atoms with E-state index in [1.54, 1.807) is 14.0 Å². The molecule has 88 valence electrons. The van der Waals surface area contributed by atoms with Gasteiger partial charge in [-0.2, -0.15) is 0 Å². The molecule has 4 nitrogen and oxygen atoms in total. The first-order valence-corrected chi connectivity index (χ1v) is 5.12. The maximum atomic E-state index is 10.7. The van der Waals surface area contributed by atoms with Gasteiger partial charge in [0.15, 0.2) is 0 Å². The first kappa shape index (κ1) is 12.4. The first-order chi connectivity index (χ1) is 7.54. The summed E-state index contributed by atoms with van der Waals surface area (Å²) in [5.74, 6) is -0.404. The summed E-state index contributed by atoms with van der Waals surface area (Å²) in [6.07, 6.45) is 0. The van der Waals surface area contributed by atoms with Crippen LogP contribution in [0.5, 0.6) is 5.75 Å². The van der Waals surface area contributed by atoms with Gasteiger partial charge in [0.1, 0.15) is 5.75 Å². The van der Waals surface area contributed by atoms with E-state index in [2.05, 4.69) is 0 Å². The van der Waals surface area contributed by atoms with Crippen molar-refractivity contribution in [2.24, 2.45) is 5.92 Å². The van der Waals surface area contributed by atoms with Crippen molar-refractivity contribution in [2.75, 3.05) is 25.6 Å². The van der Waals surface area contributed by atoms with E-state index in [9.17, 15) is 4.79 Å². The second-order valence-corrected chi connectivity index (χ2v) is 3.82. The molecule has 0 aliphatic carbocycles. The maximum Gasteiger partial charge on any atom is 0.308 e. The summed E-state index contributed by atoms with van der Waals surface area (Å²) in [4.78, 5) is 12.6. The fourth-order valence-electron chi connectivity index (χ4n) is 1.44. The number of carboxylic acid groups (broad SMARTS) is 1. The maximum absolute atomic E-state index is 10.7. The molecule has 1 aromatic carbocycles. The van der Waals surface area contributed by atoms with Gasteiger partial charge in [0.2, 0.25) is 0 Å². The predicted molar refractivity (Wildman–Crippen MR) is 63.1 cm³/mol. The lowest BCUT2D eigenvalue weighted by Crippen LogP contribution is -2.28. The zero-order valence-electron chi connectivity index (χ0n) is 9.80. The quantitative estimate of drug-likeness (QED) is 0.827. The molecule has 4 heteroatoms. The van der Waals surface area contributed by atoms with Crippen molar-refractivity contribution in [1.82, 2.24) is 0 Å². The number of aliphatic carboxylic acids is 1. The van der Waals surface area contributed by atoms with Crippen LogP contribution in [0.15, 0.2) is 24.3 Å². The van der Waals surface area contributed by atoms with Crippen LogP contribution < -0.4 is 9.64 Å². The molecule has 0 heterocycles. The summed E-state index contributed by atoms with van der Waals surface area (Å²) >= 11 is 0. The Morgan fingerprint density at radius 2 is 2.25 bits per heavy atom. The van der Waals surface area contributed by atoms with Gasteiger partial charge in [-0.25, -0.2) is 0 Å². The smallest absolute Gasteiger partial charge is 0.308 e. The molecule has 0 aromatic heterocycles. The molecule has 0 bridgehead atoms. The Bertz CT molecular complexity index is 365. The van der Waals surface area contributed by atoms with Gasteiger partial charge >= 0.3 is 5.97 Å². The summed E-state index contributed by atoms with van der Waals surface area (Å²) in [6, 6.07) is 7.56. The van der Waals surface area contributed by atoms with E-state index in [4.69, 9.17) is 9.84 Å². The number of carboxylic acids is 1. The van der Waals surface area contributed by atoms with E-state index in [0.717, 1.165) is 11.4 Å². The fraction of sp³-hybridized carbons (Fsp3) is 0.417. The number of rotatable bonds is 5. The van der Waals surface area contributed by atoms with Crippen molar-refractivity contribution in [1.29, 1.82) is 0 Å². The molecule has 1 atom stereocenters. The summed E-state index contributed by atoms with van der Waals surface area (Å²) in [6.45, 7) is 2.17. The average molecular weight is 223 g/mol. The highest BCUT2D eigenvalue weighted by Gasteiger charge is 2.14. The number of methoxy groups -OCH3 is 1. The number of nitrogens with zero attached hydrogens (tertiary/aromatic N) is 1. The lowest BCUT2D eigenvalue weighted by atomic mass is 10.1. The molecule has 0 aliphatic heterocycles. The van der Waals surface area contributed by atoms with Crippen molar-refractivity contribution < 1.29 is 14.6 Å². The Balaban J connectivity index is 2.72.